The van der Waals surface area contributed by atoms with E-state index in [1.54, 1.807) is 6.92 Å². The van der Waals surface area contributed by atoms with Gasteiger partial charge in [-0.25, -0.2) is 4.79 Å². The molecular formula is C18H21N3O5. The van der Waals surface area contributed by atoms with Crippen molar-refractivity contribution in [3.8, 4) is 0 Å². The molecule has 1 atom stereocenters. The molecule has 1 aromatic heterocycles. The van der Waals surface area contributed by atoms with Crippen molar-refractivity contribution in [2.75, 3.05) is 33.3 Å². The molecular weight excluding hydrogens is 338 g/mol. The van der Waals surface area contributed by atoms with Gasteiger partial charge in [-0.2, -0.15) is 0 Å². The zero-order chi connectivity index (χ0) is 18.7. The van der Waals surface area contributed by atoms with E-state index in [1.807, 2.05) is 30.3 Å². The van der Waals surface area contributed by atoms with Crippen molar-refractivity contribution in [1.82, 2.24) is 15.1 Å². The highest BCUT2D eigenvalue weighted by Crippen LogP contribution is 2.25. The summed E-state index contributed by atoms with van der Waals surface area (Å²) in [6.45, 7) is 2.86. The second kappa shape index (κ2) is 7.57. The number of benzene rings is 1. The molecule has 1 aliphatic heterocycles. The minimum atomic E-state index is -0.812. The molecule has 4 amide bonds. The van der Waals surface area contributed by atoms with Gasteiger partial charge >= 0.3 is 17.8 Å². The number of rotatable bonds is 5. The largest absolute Gasteiger partial charge is 0.458 e. The Kier molecular flexibility index (Phi) is 5.22. The van der Waals surface area contributed by atoms with Crippen molar-refractivity contribution in [2.24, 2.45) is 0 Å². The number of amides is 4. The third kappa shape index (κ3) is 3.41. The van der Waals surface area contributed by atoms with Crippen LogP contribution in [-0.2, 0) is 14.3 Å². The average molecular weight is 359 g/mol. The van der Waals surface area contributed by atoms with Crippen molar-refractivity contribution >= 4 is 28.8 Å². The first kappa shape index (κ1) is 17.9. The summed E-state index contributed by atoms with van der Waals surface area (Å²) in [5, 5.41) is 3.58. The SMILES string of the molecule is CCN1CCN(C(=O)NC[C@H](OC)c2cc3ccccc3o2)C(=O)C1=O. The predicted octanol–water partition coefficient (Wildman–Crippen LogP) is 1.52. The lowest BCUT2D eigenvalue weighted by Crippen LogP contribution is -2.58. The number of furan rings is 1. The molecule has 2 aromatic rings. The van der Waals surface area contributed by atoms with E-state index in [0.717, 1.165) is 15.9 Å². The first-order chi connectivity index (χ1) is 12.5. The number of hydrogen-bond acceptors (Lipinski definition) is 5. The van der Waals surface area contributed by atoms with E-state index >= 15 is 0 Å². The van der Waals surface area contributed by atoms with Gasteiger partial charge in [-0.1, -0.05) is 18.2 Å². The van der Waals surface area contributed by atoms with E-state index in [4.69, 9.17) is 9.15 Å². The molecule has 8 heteroatoms. The fourth-order valence-electron chi connectivity index (χ4n) is 2.91. The number of hydrogen-bond donors (Lipinski definition) is 1. The molecule has 1 aliphatic rings. The second-order valence-electron chi connectivity index (χ2n) is 5.94. The van der Waals surface area contributed by atoms with Gasteiger partial charge in [0.2, 0.25) is 0 Å². The highest BCUT2D eigenvalue weighted by molar-refractivity contribution is 6.38. The summed E-state index contributed by atoms with van der Waals surface area (Å²) in [6, 6.07) is 8.79. The van der Waals surface area contributed by atoms with Gasteiger partial charge in [0.05, 0.1) is 6.54 Å². The Hall–Kier alpha value is -2.87. The molecule has 1 N–H and O–H groups in total. The smallest absolute Gasteiger partial charge is 0.324 e. The molecule has 2 heterocycles. The Bertz CT molecular complexity index is 798. The molecule has 0 bridgehead atoms. The number of carbonyl (C=O) groups excluding carboxylic acids is 3. The Morgan fingerprint density at radius 1 is 1.27 bits per heavy atom. The van der Waals surface area contributed by atoms with Crippen LogP contribution in [0.5, 0.6) is 0 Å². The van der Waals surface area contributed by atoms with Gasteiger partial charge in [0.15, 0.2) is 0 Å². The van der Waals surface area contributed by atoms with Crippen LogP contribution in [-0.4, -0.2) is 60.9 Å². The van der Waals surface area contributed by atoms with Gasteiger partial charge in [0, 0.05) is 32.1 Å². The quantitative estimate of drug-likeness (QED) is 0.817. The van der Waals surface area contributed by atoms with E-state index in [1.165, 1.54) is 12.0 Å². The fraction of sp³-hybridized carbons (Fsp3) is 0.389. The summed E-state index contributed by atoms with van der Waals surface area (Å²) < 4.78 is 11.1. The van der Waals surface area contributed by atoms with Crippen LogP contribution >= 0.6 is 0 Å². The van der Waals surface area contributed by atoms with E-state index in [0.29, 0.717) is 18.8 Å². The van der Waals surface area contributed by atoms with Gasteiger partial charge in [-0.15, -0.1) is 0 Å². The van der Waals surface area contributed by atoms with E-state index < -0.39 is 23.9 Å². The molecule has 0 unspecified atom stereocenters. The number of carbonyl (C=O) groups is 3. The van der Waals surface area contributed by atoms with Crippen LogP contribution in [0.3, 0.4) is 0 Å². The van der Waals surface area contributed by atoms with Crippen molar-refractivity contribution in [3.05, 3.63) is 36.1 Å². The minimum Gasteiger partial charge on any atom is -0.458 e. The maximum Gasteiger partial charge on any atom is 0.324 e. The zero-order valence-electron chi connectivity index (χ0n) is 14.7. The molecule has 0 radical (unpaired) electrons. The highest BCUT2D eigenvalue weighted by Gasteiger charge is 2.35. The molecule has 26 heavy (non-hydrogen) atoms. The van der Waals surface area contributed by atoms with Crippen LogP contribution in [0, 0.1) is 0 Å². The lowest BCUT2D eigenvalue weighted by molar-refractivity contribution is -0.153. The summed E-state index contributed by atoms with van der Waals surface area (Å²) in [5.74, 6) is -0.894. The summed E-state index contributed by atoms with van der Waals surface area (Å²) in [5.41, 5.74) is 0.729. The van der Waals surface area contributed by atoms with Crippen molar-refractivity contribution in [1.29, 1.82) is 0 Å². The van der Waals surface area contributed by atoms with Gasteiger partial charge < -0.3 is 19.4 Å². The Labute approximate surface area is 150 Å². The van der Waals surface area contributed by atoms with Gasteiger partial charge in [-0.3, -0.25) is 14.5 Å². The standard InChI is InChI=1S/C18H21N3O5/c1-3-20-8-9-21(17(23)16(20)22)18(24)19-11-15(25-2)14-10-12-6-4-5-7-13(12)26-14/h4-7,10,15H,3,8-9,11H2,1-2H3,(H,19,24)/t15-/m0/s1. The molecule has 1 saturated heterocycles. The maximum absolute atomic E-state index is 12.3. The third-order valence-corrected chi connectivity index (χ3v) is 4.42. The average Bonchev–Trinajstić information content (AvgIpc) is 3.08. The van der Waals surface area contributed by atoms with Crippen molar-refractivity contribution in [2.45, 2.75) is 13.0 Å². The molecule has 138 valence electrons. The van der Waals surface area contributed by atoms with Crippen LogP contribution < -0.4 is 5.32 Å². The Morgan fingerprint density at radius 2 is 2.04 bits per heavy atom. The monoisotopic (exact) mass is 359 g/mol. The first-order valence-corrected chi connectivity index (χ1v) is 8.45. The molecule has 0 spiro atoms. The maximum atomic E-state index is 12.3. The number of nitrogens with zero attached hydrogens (tertiary/aromatic N) is 2. The zero-order valence-corrected chi connectivity index (χ0v) is 14.7. The minimum absolute atomic E-state index is 0.116. The molecule has 1 aromatic carbocycles. The number of para-hydroxylation sites is 1. The number of ether oxygens (including phenoxy) is 1. The van der Waals surface area contributed by atoms with E-state index in [2.05, 4.69) is 5.32 Å². The summed E-state index contributed by atoms with van der Waals surface area (Å²) >= 11 is 0. The number of imide groups is 1. The van der Waals surface area contributed by atoms with Gasteiger partial charge in [-0.05, 0) is 19.1 Å². The van der Waals surface area contributed by atoms with Crippen molar-refractivity contribution in [3.63, 3.8) is 0 Å². The molecule has 0 saturated carbocycles. The number of nitrogens with one attached hydrogen (secondary N) is 1. The fourth-order valence-corrected chi connectivity index (χ4v) is 2.91. The summed E-state index contributed by atoms with van der Waals surface area (Å²) in [4.78, 5) is 38.6. The molecule has 8 nitrogen and oxygen atoms in total. The summed E-state index contributed by atoms with van der Waals surface area (Å²) in [7, 11) is 1.51. The topological polar surface area (TPSA) is 92.1 Å². The van der Waals surface area contributed by atoms with Crippen molar-refractivity contribution < 1.29 is 23.5 Å². The van der Waals surface area contributed by atoms with Crippen LogP contribution in [0.1, 0.15) is 18.8 Å². The normalized spacial score (nSPS) is 16.2. The van der Waals surface area contributed by atoms with Crippen LogP contribution in [0.2, 0.25) is 0 Å². The first-order valence-electron chi connectivity index (χ1n) is 8.45. The molecule has 1 fully saturated rings. The highest BCUT2D eigenvalue weighted by atomic mass is 16.5. The number of urea groups is 1. The molecule has 3 rings (SSSR count). The van der Waals surface area contributed by atoms with Gasteiger partial charge in [0.25, 0.3) is 0 Å². The van der Waals surface area contributed by atoms with Crippen LogP contribution in [0.4, 0.5) is 4.79 Å². The lowest BCUT2D eigenvalue weighted by Gasteiger charge is -2.31. The number of fused-ring (bicyclic) bond motifs is 1. The second-order valence-corrected chi connectivity index (χ2v) is 5.94. The third-order valence-electron chi connectivity index (χ3n) is 4.42. The van der Waals surface area contributed by atoms with Crippen LogP contribution in [0.25, 0.3) is 11.0 Å². The summed E-state index contributed by atoms with van der Waals surface area (Å²) in [6.07, 6.45) is -0.505. The number of likely N-dealkylation sites (N-methyl/N-ethyl adjacent to an activating group) is 1. The van der Waals surface area contributed by atoms with Crippen LogP contribution in [0.15, 0.2) is 34.7 Å². The Morgan fingerprint density at radius 3 is 2.73 bits per heavy atom. The number of methoxy groups -OCH3 is 1. The number of piperazine rings is 1. The molecule has 0 aliphatic carbocycles. The predicted molar refractivity (Wildman–Crippen MR) is 93.3 cm³/mol. The van der Waals surface area contributed by atoms with E-state index in [-0.39, 0.29) is 13.1 Å². The Balaban J connectivity index is 1.64. The lowest BCUT2D eigenvalue weighted by atomic mass is 10.2. The van der Waals surface area contributed by atoms with Gasteiger partial charge in [0.1, 0.15) is 17.4 Å². The van der Waals surface area contributed by atoms with E-state index in [9.17, 15) is 14.4 Å².